The second kappa shape index (κ2) is 11.4. The molecule has 3 aromatic rings. The number of rotatable bonds is 8. The third kappa shape index (κ3) is 5.74. The first-order chi connectivity index (χ1) is 16.8. The number of halogens is 1. The highest BCUT2D eigenvalue weighted by Gasteiger charge is 2.19. The Balaban J connectivity index is 1.69. The van der Waals surface area contributed by atoms with Gasteiger partial charge in [-0.3, -0.25) is 9.59 Å². The number of nitrogens with one attached hydrogen (secondary N) is 1. The van der Waals surface area contributed by atoms with E-state index in [1.165, 1.54) is 25.0 Å². The summed E-state index contributed by atoms with van der Waals surface area (Å²) in [5.74, 6) is -0.0726. The van der Waals surface area contributed by atoms with Gasteiger partial charge in [0.05, 0.1) is 25.5 Å². The molecule has 0 spiro atoms. The van der Waals surface area contributed by atoms with Crippen molar-refractivity contribution in [1.29, 1.82) is 5.26 Å². The number of hydrogen-bond donors (Lipinski definition) is 1. The molecule has 0 aliphatic carbocycles. The molecule has 0 saturated carbocycles. The first kappa shape index (κ1) is 25.6. The van der Waals surface area contributed by atoms with Crippen LogP contribution in [0.2, 0.25) is 0 Å². The third-order valence-corrected chi connectivity index (χ3v) is 6.10. The minimum atomic E-state index is -0.590. The van der Waals surface area contributed by atoms with E-state index < -0.39 is 17.4 Å². The molecule has 180 valence electrons. The molecule has 35 heavy (non-hydrogen) atoms. The van der Waals surface area contributed by atoms with Crippen molar-refractivity contribution in [2.24, 2.45) is 5.10 Å². The highest BCUT2D eigenvalue weighted by Crippen LogP contribution is 2.24. The number of hydrogen-bond acceptors (Lipinski definition) is 8. The van der Waals surface area contributed by atoms with Crippen LogP contribution in [-0.4, -0.2) is 36.9 Å². The van der Waals surface area contributed by atoms with Crippen molar-refractivity contribution in [3.8, 4) is 17.4 Å². The Labute approximate surface area is 208 Å². The molecule has 0 aliphatic rings. The van der Waals surface area contributed by atoms with E-state index in [0.29, 0.717) is 32.8 Å². The smallest absolute Gasteiger partial charge is 0.337 e. The largest absolute Gasteiger partial charge is 0.465 e. The molecule has 10 nitrogen and oxygen atoms in total. The molecular formula is C24H21BrN4O6. The average molecular weight is 541 g/mol. The minimum Gasteiger partial charge on any atom is -0.465 e. The van der Waals surface area contributed by atoms with E-state index in [1.807, 2.05) is 6.07 Å². The highest BCUT2D eigenvalue weighted by atomic mass is 79.9. The van der Waals surface area contributed by atoms with Crippen molar-refractivity contribution in [1.82, 2.24) is 9.99 Å². The molecule has 1 aromatic carbocycles. The van der Waals surface area contributed by atoms with Crippen LogP contribution in [-0.2, 0) is 27.4 Å². The SMILES string of the molecule is COCc1c(Br)c(C)n(CC(=O)N/N=C/c2ccc(-c3ccc(C(=O)OC)cc3)o2)c(=O)c1C#N. The maximum absolute atomic E-state index is 12.7. The van der Waals surface area contributed by atoms with Crippen LogP contribution in [0.3, 0.4) is 0 Å². The van der Waals surface area contributed by atoms with E-state index in [2.05, 4.69) is 31.2 Å². The van der Waals surface area contributed by atoms with E-state index in [0.717, 1.165) is 5.56 Å². The topological polar surface area (TPSA) is 136 Å². The van der Waals surface area contributed by atoms with Crippen molar-refractivity contribution in [2.75, 3.05) is 14.2 Å². The van der Waals surface area contributed by atoms with Gasteiger partial charge in [0.1, 0.15) is 29.7 Å². The zero-order valence-corrected chi connectivity index (χ0v) is 20.7. The summed E-state index contributed by atoms with van der Waals surface area (Å²) in [6, 6.07) is 12.0. The van der Waals surface area contributed by atoms with Gasteiger partial charge in [0.2, 0.25) is 0 Å². The molecule has 0 fully saturated rings. The molecule has 0 unspecified atom stereocenters. The zero-order valence-electron chi connectivity index (χ0n) is 19.1. The number of amides is 1. The molecule has 2 aromatic heterocycles. The quantitative estimate of drug-likeness (QED) is 0.263. The molecule has 11 heteroatoms. The summed E-state index contributed by atoms with van der Waals surface area (Å²) in [4.78, 5) is 36.7. The Morgan fingerprint density at radius 1 is 1.23 bits per heavy atom. The standard InChI is InChI=1S/C24H21BrN4O6/c1-14-22(25)19(13-33-2)18(10-26)23(31)29(14)12-21(30)28-27-11-17-8-9-20(35-17)15-4-6-16(7-5-15)24(32)34-3/h4-9,11H,12-13H2,1-3H3,(H,28,30)/b27-11+. The number of nitrogens with zero attached hydrogens (tertiary/aromatic N) is 3. The maximum Gasteiger partial charge on any atom is 0.337 e. The molecule has 0 radical (unpaired) electrons. The summed E-state index contributed by atoms with van der Waals surface area (Å²) in [5.41, 5.74) is 3.73. The molecule has 0 saturated heterocycles. The summed E-state index contributed by atoms with van der Waals surface area (Å²) in [6.45, 7) is 1.40. The molecule has 0 bridgehead atoms. The van der Waals surface area contributed by atoms with Crippen LogP contribution >= 0.6 is 15.9 Å². The van der Waals surface area contributed by atoms with E-state index in [4.69, 9.17) is 9.15 Å². The van der Waals surface area contributed by atoms with Crippen LogP contribution in [0.1, 0.15) is 32.9 Å². The lowest BCUT2D eigenvalue weighted by Crippen LogP contribution is -2.33. The van der Waals surface area contributed by atoms with Gasteiger partial charge in [0.15, 0.2) is 0 Å². The number of aromatic nitrogens is 1. The van der Waals surface area contributed by atoms with Gasteiger partial charge in [0.25, 0.3) is 11.5 Å². The summed E-state index contributed by atoms with van der Waals surface area (Å²) in [5, 5.41) is 13.3. The lowest BCUT2D eigenvalue weighted by molar-refractivity contribution is -0.121. The average Bonchev–Trinajstić information content (AvgIpc) is 3.34. The Morgan fingerprint density at radius 3 is 2.57 bits per heavy atom. The number of benzene rings is 1. The molecular weight excluding hydrogens is 520 g/mol. The number of pyridine rings is 1. The van der Waals surface area contributed by atoms with Gasteiger partial charge in [-0.1, -0.05) is 12.1 Å². The first-order valence-corrected chi connectivity index (χ1v) is 11.0. The summed E-state index contributed by atoms with van der Waals surface area (Å²) >= 11 is 3.38. The van der Waals surface area contributed by atoms with E-state index in [9.17, 15) is 19.6 Å². The second-order valence-corrected chi connectivity index (χ2v) is 8.05. The number of nitriles is 1. The summed E-state index contributed by atoms with van der Waals surface area (Å²) < 4.78 is 17.2. The molecule has 0 atom stereocenters. The predicted octanol–water partition coefficient (Wildman–Crippen LogP) is 3.13. The number of methoxy groups -OCH3 is 2. The van der Waals surface area contributed by atoms with Crippen LogP contribution in [0, 0.1) is 18.3 Å². The number of ether oxygens (including phenoxy) is 2. The number of hydrazone groups is 1. The lowest BCUT2D eigenvalue weighted by Gasteiger charge is -2.15. The van der Waals surface area contributed by atoms with E-state index in [1.54, 1.807) is 43.3 Å². The van der Waals surface area contributed by atoms with Gasteiger partial charge in [-0.15, -0.1) is 0 Å². The van der Waals surface area contributed by atoms with Crippen LogP contribution in [0.5, 0.6) is 0 Å². The van der Waals surface area contributed by atoms with Crippen LogP contribution < -0.4 is 11.0 Å². The number of furan rings is 1. The normalized spacial score (nSPS) is 10.8. The first-order valence-electron chi connectivity index (χ1n) is 10.2. The molecule has 1 N–H and O–H groups in total. The fraction of sp³-hybridized carbons (Fsp3) is 0.208. The molecule has 1 amide bonds. The van der Waals surface area contributed by atoms with Gasteiger partial charge in [-0.2, -0.15) is 10.4 Å². The summed E-state index contributed by atoms with van der Waals surface area (Å²) in [6.07, 6.45) is 1.32. The number of carbonyl (C=O) groups is 2. The zero-order chi connectivity index (χ0) is 25.5. The molecule has 2 heterocycles. The van der Waals surface area contributed by atoms with Crippen molar-refractivity contribution < 1.29 is 23.5 Å². The minimum absolute atomic E-state index is 0.0808. The van der Waals surface area contributed by atoms with Gasteiger partial charge < -0.3 is 18.5 Å². The molecule has 3 rings (SSSR count). The maximum atomic E-state index is 12.7. The van der Waals surface area contributed by atoms with Gasteiger partial charge in [0, 0.05) is 28.4 Å². The summed E-state index contributed by atoms with van der Waals surface area (Å²) in [7, 11) is 2.77. The molecule has 0 aliphatic heterocycles. The Hall–Kier alpha value is -4.01. The van der Waals surface area contributed by atoms with Gasteiger partial charge in [-0.05, 0) is 47.1 Å². The van der Waals surface area contributed by atoms with E-state index in [-0.39, 0.29) is 18.7 Å². The van der Waals surface area contributed by atoms with Crippen LogP contribution in [0.4, 0.5) is 0 Å². The monoisotopic (exact) mass is 540 g/mol. The highest BCUT2D eigenvalue weighted by molar-refractivity contribution is 9.10. The van der Waals surface area contributed by atoms with Crippen molar-refractivity contribution >= 4 is 34.0 Å². The Kier molecular flexibility index (Phi) is 8.35. The Morgan fingerprint density at radius 2 is 1.94 bits per heavy atom. The van der Waals surface area contributed by atoms with Crippen LogP contribution in [0.25, 0.3) is 11.3 Å². The van der Waals surface area contributed by atoms with Gasteiger partial charge >= 0.3 is 5.97 Å². The lowest BCUT2D eigenvalue weighted by atomic mass is 10.1. The van der Waals surface area contributed by atoms with E-state index >= 15 is 0 Å². The van der Waals surface area contributed by atoms with Crippen molar-refractivity contribution in [2.45, 2.75) is 20.1 Å². The van der Waals surface area contributed by atoms with Gasteiger partial charge in [-0.25, -0.2) is 10.2 Å². The fourth-order valence-electron chi connectivity index (χ4n) is 3.26. The second-order valence-electron chi connectivity index (χ2n) is 7.25. The van der Waals surface area contributed by atoms with Crippen molar-refractivity contribution in [3.05, 3.63) is 79.4 Å². The van der Waals surface area contributed by atoms with Crippen LogP contribution in [0.15, 0.2) is 55.2 Å². The predicted molar refractivity (Wildman–Crippen MR) is 130 cm³/mol. The number of esters is 1. The Bertz CT molecular complexity index is 1380. The fourth-order valence-corrected chi connectivity index (χ4v) is 3.79. The number of carbonyl (C=O) groups excluding carboxylic acids is 2. The third-order valence-electron chi connectivity index (χ3n) is 5.05. The van der Waals surface area contributed by atoms with Crippen molar-refractivity contribution in [3.63, 3.8) is 0 Å².